The van der Waals surface area contributed by atoms with E-state index in [0.717, 1.165) is 24.0 Å². The molecule has 0 amide bonds. The molecule has 18 heavy (non-hydrogen) atoms. The Hall–Kier alpha value is -1.32. The van der Waals surface area contributed by atoms with Gasteiger partial charge in [-0.05, 0) is 5.92 Å². The summed E-state index contributed by atoms with van der Waals surface area (Å²) in [5.74, 6) is 3.28. The Morgan fingerprint density at radius 1 is 1.22 bits per heavy atom. The van der Waals surface area contributed by atoms with Crippen molar-refractivity contribution in [2.45, 2.75) is 46.5 Å². The number of nitrogens with one attached hydrogen (secondary N) is 2. The molecule has 2 N–H and O–H groups in total. The van der Waals surface area contributed by atoms with Gasteiger partial charge < -0.3 is 10.6 Å². The molecule has 0 aliphatic heterocycles. The van der Waals surface area contributed by atoms with Crippen molar-refractivity contribution >= 4 is 11.6 Å². The molecule has 0 spiro atoms. The molecule has 0 fully saturated rings. The highest BCUT2D eigenvalue weighted by Crippen LogP contribution is 2.22. The third-order valence-corrected chi connectivity index (χ3v) is 2.98. The molecule has 1 heterocycles. The minimum atomic E-state index is -0.0420. The predicted octanol–water partition coefficient (Wildman–Crippen LogP) is 3.27. The number of rotatable bonds is 5. The van der Waals surface area contributed by atoms with Gasteiger partial charge in [-0.2, -0.15) is 0 Å². The fourth-order valence-electron chi connectivity index (χ4n) is 1.42. The molecular weight excluding hydrogens is 224 g/mol. The highest BCUT2D eigenvalue weighted by atomic mass is 15.1. The zero-order chi connectivity index (χ0) is 13.8. The zero-order valence-corrected chi connectivity index (χ0v) is 12.5. The Kier molecular flexibility index (Phi) is 4.93. The van der Waals surface area contributed by atoms with Crippen molar-refractivity contribution < 1.29 is 0 Å². The first-order valence-electron chi connectivity index (χ1n) is 6.68. The molecule has 0 bridgehead atoms. The lowest BCUT2D eigenvalue weighted by atomic mass is 9.96. The number of aromatic nitrogens is 2. The second kappa shape index (κ2) is 6.03. The predicted molar refractivity (Wildman–Crippen MR) is 78.2 cm³/mol. The molecule has 1 atom stereocenters. The Morgan fingerprint density at radius 3 is 2.33 bits per heavy atom. The Balaban J connectivity index is 2.91. The summed E-state index contributed by atoms with van der Waals surface area (Å²) in [6, 6.07) is 1.96. The second-order valence-electron chi connectivity index (χ2n) is 5.86. The molecule has 102 valence electrons. The normalized spacial score (nSPS) is 13.2. The number of hydrogen-bond donors (Lipinski definition) is 2. The van der Waals surface area contributed by atoms with Crippen molar-refractivity contribution in [3.05, 3.63) is 11.9 Å². The molecule has 4 heteroatoms. The molecule has 0 saturated carbocycles. The van der Waals surface area contributed by atoms with Gasteiger partial charge in [-0.3, -0.25) is 0 Å². The second-order valence-corrected chi connectivity index (χ2v) is 5.86. The molecule has 0 radical (unpaired) electrons. The van der Waals surface area contributed by atoms with Gasteiger partial charge >= 0.3 is 0 Å². The topological polar surface area (TPSA) is 49.8 Å². The summed E-state index contributed by atoms with van der Waals surface area (Å²) >= 11 is 0. The molecule has 0 aliphatic rings. The molecular formula is C14H26N4. The molecule has 0 saturated heterocycles. The summed E-state index contributed by atoms with van der Waals surface area (Å²) in [7, 11) is 1.88. The van der Waals surface area contributed by atoms with Gasteiger partial charge in [0.15, 0.2) is 0 Å². The standard InChI is InChI=1S/C14H26N4/c1-7-10(2)9-16-12-8-11(15-6)17-13(18-12)14(3,4)5/h8,10H,7,9H2,1-6H3,(H2,15,16,17,18). The first-order valence-corrected chi connectivity index (χ1v) is 6.68. The van der Waals surface area contributed by atoms with Gasteiger partial charge in [-0.15, -0.1) is 0 Å². The molecule has 0 aliphatic carbocycles. The largest absolute Gasteiger partial charge is 0.373 e. The Labute approximate surface area is 111 Å². The van der Waals surface area contributed by atoms with Gasteiger partial charge in [0.1, 0.15) is 17.5 Å². The van der Waals surface area contributed by atoms with Crippen LogP contribution < -0.4 is 10.6 Å². The van der Waals surface area contributed by atoms with Gasteiger partial charge in [0.05, 0.1) is 0 Å². The van der Waals surface area contributed by atoms with Crippen LogP contribution in [0.15, 0.2) is 6.07 Å². The third-order valence-electron chi connectivity index (χ3n) is 2.98. The van der Waals surface area contributed by atoms with Crippen molar-refractivity contribution in [2.24, 2.45) is 5.92 Å². The van der Waals surface area contributed by atoms with Gasteiger partial charge in [0.2, 0.25) is 0 Å². The van der Waals surface area contributed by atoms with Gasteiger partial charge in [0.25, 0.3) is 0 Å². The third kappa shape index (κ3) is 4.17. The van der Waals surface area contributed by atoms with Crippen LogP contribution in [0.25, 0.3) is 0 Å². The first kappa shape index (κ1) is 14.7. The van der Waals surface area contributed by atoms with Crippen LogP contribution in [0.4, 0.5) is 11.6 Å². The van der Waals surface area contributed by atoms with E-state index in [1.807, 2.05) is 13.1 Å². The van der Waals surface area contributed by atoms with Crippen LogP contribution in [-0.4, -0.2) is 23.6 Å². The quantitative estimate of drug-likeness (QED) is 0.842. The van der Waals surface area contributed by atoms with Crippen molar-refractivity contribution in [1.82, 2.24) is 9.97 Å². The van der Waals surface area contributed by atoms with Gasteiger partial charge in [0, 0.05) is 25.1 Å². The Bertz CT molecular complexity index is 382. The van der Waals surface area contributed by atoms with Crippen molar-refractivity contribution in [2.75, 3.05) is 24.2 Å². The summed E-state index contributed by atoms with van der Waals surface area (Å²) in [4.78, 5) is 9.10. The van der Waals surface area contributed by atoms with E-state index in [1.165, 1.54) is 6.42 Å². The molecule has 1 aromatic heterocycles. The maximum absolute atomic E-state index is 4.60. The van der Waals surface area contributed by atoms with Crippen LogP contribution in [0, 0.1) is 5.92 Å². The van der Waals surface area contributed by atoms with E-state index < -0.39 is 0 Å². The summed E-state index contributed by atoms with van der Waals surface area (Å²) in [5, 5.41) is 6.48. The fourth-order valence-corrected chi connectivity index (χ4v) is 1.42. The van der Waals surface area contributed by atoms with Crippen LogP contribution in [0.2, 0.25) is 0 Å². The molecule has 0 aromatic carbocycles. The van der Waals surface area contributed by atoms with E-state index in [4.69, 9.17) is 0 Å². The van der Waals surface area contributed by atoms with E-state index in [0.29, 0.717) is 5.92 Å². The number of hydrogen-bond acceptors (Lipinski definition) is 4. The number of nitrogens with zero attached hydrogens (tertiary/aromatic N) is 2. The van der Waals surface area contributed by atoms with Gasteiger partial charge in [-0.25, -0.2) is 9.97 Å². The van der Waals surface area contributed by atoms with Crippen LogP contribution in [0.5, 0.6) is 0 Å². The molecule has 1 unspecified atom stereocenters. The van der Waals surface area contributed by atoms with Gasteiger partial charge in [-0.1, -0.05) is 41.0 Å². The minimum Gasteiger partial charge on any atom is -0.373 e. The monoisotopic (exact) mass is 250 g/mol. The van der Waals surface area contributed by atoms with Crippen LogP contribution >= 0.6 is 0 Å². The van der Waals surface area contributed by atoms with E-state index >= 15 is 0 Å². The average Bonchev–Trinajstić information content (AvgIpc) is 2.34. The zero-order valence-electron chi connectivity index (χ0n) is 12.5. The molecule has 1 rings (SSSR count). The summed E-state index contributed by atoms with van der Waals surface area (Å²) in [5.41, 5.74) is -0.0420. The first-order chi connectivity index (χ1) is 8.36. The van der Waals surface area contributed by atoms with Crippen molar-refractivity contribution in [3.63, 3.8) is 0 Å². The average molecular weight is 250 g/mol. The fraction of sp³-hybridized carbons (Fsp3) is 0.714. The highest BCUT2D eigenvalue weighted by molar-refractivity contribution is 5.47. The van der Waals surface area contributed by atoms with Crippen LogP contribution in [0.1, 0.15) is 46.9 Å². The van der Waals surface area contributed by atoms with E-state index in [9.17, 15) is 0 Å². The molecule has 1 aromatic rings. The SMILES string of the molecule is CCC(C)CNc1cc(NC)nc(C(C)(C)C)n1. The van der Waals surface area contributed by atoms with Crippen LogP contribution in [-0.2, 0) is 5.41 Å². The van der Waals surface area contributed by atoms with E-state index in [2.05, 4.69) is 55.2 Å². The maximum Gasteiger partial charge on any atom is 0.138 e. The highest BCUT2D eigenvalue weighted by Gasteiger charge is 2.19. The smallest absolute Gasteiger partial charge is 0.138 e. The lowest BCUT2D eigenvalue weighted by Crippen LogP contribution is -2.19. The minimum absolute atomic E-state index is 0.0420. The lowest BCUT2D eigenvalue weighted by molar-refractivity contribution is 0.545. The number of anilines is 2. The Morgan fingerprint density at radius 2 is 1.83 bits per heavy atom. The summed E-state index contributed by atoms with van der Waals surface area (Å²) < 4.78 is 0. The van der Waals surface area contributed by atoms with Crippen molar-refractivity contribution in [1.29, 1.82) is 0 Å². The van der Waals surface area contributed by atoms with Crippen molar-refractivity contribution in [3.8, 4) is 0 Å². The maximum atomic E-state index is 4.60. The van der Waals surface area contributed by atoms with E-state index in [1.54, 1.807) is 0 Å². The summed E-state index contributed by atoms with van der Waals surface area (Å²) in [6.45, 7) is 11.8. The van der Waals surface area contributed by atoms with Crippen LogP contribution in [0.3, 0.4) is 0 Å². The molecule has 4 nitrogen and oxygen atoms in total. The lowest BCUT2D eigenvalue weighted by Gasteiger charge is -2.19. The van der Waals surface area contributed by atoms with E-state index in [-0.39, 0.29) is 5.41 Å². The summed E-state index contributed by atoms with van der Waals surface area (Å²) in [6.07, 6.45) is 1.17.